The van der Waals surface area contributed by atoms with Crippen molar-refractivity contribution in [3.8, 4) is 0 Å². The Balaban J connectivity index is 1.71. The number of carbonyl (C=O) groups excluding carboxylic acids is 1. The van der Waals surface area contributed by atoms with E-state index in [0.29, 0.717) is 18.0 Å². The van der Waals surface area contributed by atoms with Gasteiger partial charge in [-0.1, -0.05) is 19.8 Å². The maximum absolute atomic E-state index is 12.4. The summed E-state index contributed by atoms with van der Waals surface area (Å²) in [7, 11) is 2.02. The van der Waals surface area contributed by atoms with E-state index in [2.05, 4.69) is 6.92 Å². The van der Waals surface area contributed by atoms with Gasteiger partial charge in [0.1, 0.15) is 0 Å². The Morgan fingerprint density at radius 2 is 1.85 bits per heavy atom. The third-order valence-corrected chi connectivity index (χ3v) is 5.51. The monoisotopic (exact) mass is 280 g/mol. The molecule has 3 nitrogen and oxygen atoms in total. The van der Waals surface area contributed by atoms with Crippen molar-refractivity contribution in [1.29, 1.82) is 0 Å². The third kappa shape index (κ3) is 4.47. The van der Waals surface area contributed by atoms with Crippen molar-refractivity contribution in [2.45, 2.75) is 83.2 Å². The molecule has 0 radical (unpaired) electrons. The van der Waals surface area contributed by atoms with Gasteiger partial charge in [0.25, 0.3) is 0 Å². The van der Waals surface area contributed by atoms with Gasteiger partial charge in [-0.3, -0.25) is 4.79 Å². The van der Waals surface area contributed by atoms with E-state index >= 15 is 0 Å². The van der Waals surface area contributed by atoms with Crippen LogP contribution in [-0.4, -0.2) is 29.9 Å². The van der Waals surface area contributed by atoms with Gasteiger partial charge in [-0.15, -0.1) is 0 Å². The van der Waals surface area contributed by atoms with Crippen LogP contribution in [0.25, 0.3) is 0 Å². The highest BCUT2D eigenvalue weighted by atomic mass is 16.2. The van der Waals surface area contributed by atoms with Gasteiger partial charge < -0.3 is 10.6 Å². The average molecular weight is 280 g/mol. The summed E-state index contributed by atoms with van der Waals surface area (Å²) in [6.45, 7) is 2.32. The first kappa shape index (κ1) is 15.8. The lowest BCUT2D eigenvalue weighted by atomic mass is 9.83. The van der Waals surface area contributed by atoms with Gasteiger partial charge in [0.15, 0.2) is 0 Å². The molecular formula is C17H32N2O. The number of carbonyl (C=O) groups is 1. The summed E-state index contributed by atoms with van der Waals surface area (Å²) in [5, 5.41) is 0. The lowest BCUT2D eigenvalue weighted by Gasteiger charge is -2.34. The van der Waals surface area contributed by atoms with Gasteiger partial charge in [0.05, 0.1) is 0 Å². The van der Waals surface area contributed by atoms with Gasteiger partial charge >= 0.3 is 0 Å². The summed E-state index contributed by atoms with van der Waals surface area (Å²) < 4.78 is 0. The molecule has 0 bridgehead atoms. The number of rotatable bonds is 4. The number of hydrogen-bond donors (Lipinski definition) is 1. The van der Waals surface area contributed by atoms with Gasteiger partial charge in [-0.05, 0) is 56.8 Å². The molecule has 0 aromatic carbocycles. The van der Waals surface area contributed by atoms with E-state index in [1.807, 2.05) is 11.9 Å². The summed E-state index contributed by atoms with van der Waals surface area (Å²) in [6, 6.07) is 0.902. The van der Waals surface area contributed by atoms with Gasteiger partial charge in [-0.2, -0.15) is 0 Å². The number of hydrogen-bond acceptors (Lipinski definition) is 2. The zero-order valence-corrected chi connectivity index (χ0v) is 13.3. The van der Waals surface area contributed by atoms with Crippen molar-refractivity contribution >= 4 is 5.91 Å². The summed E-state index contributed by atoms with van der Waals surface area (Å²) in [5.74, 6) is 1.88. The normalized spacial score (nSPS) is 34.8. The Labute approximate surface area is 124 Å². The molecule has 3 heteroatoms. The topological polar surface area (TPSA) is 46.3 Å². The molecule has 2 aliphatic rings. The van der Waals surface area contributed by atoms with Gasteiger partial charge in [0, 0.05) is 25.6 Å². The van der Waals surface area contributed by atoms with Crippen molar-refractivity contribution < 1.29 is 4.79 Å². The lowest BCUT2D eigenvalue weighted by Crippen LogP contribution is -2.40. The molecule has 1 amide bonds. The van der Waals surface area contributed by atoms with E-state index in [0.717, 1.165) is 37.5 Å². The van der Waals surface area contributed by atoms with E-state index in [4.69, 9.17) is 5.73 Å². The molecule has 2 aliphatic carbocycles. The molecule has 2 rings (SSSR count). The van der Waals surface area contributed by atoms with Gasteiger partial charge in [-0.25, -0.2) is 0 Å². The molecule has 2 unspecified atom stereocenters. The predicted octanol–water partition coefficient (Wildman–Crippen LogP) is 3.32. The summed E-state index contributed by atoms with van der Waals surface area (Å²) in [4.78, 5) is 14.4. The summed E-state index contributed by atoms with van der Waals surface area (Å²) in [5.41, 5.74) is 5.94. The number of nitrogens with two attached hydrogens (primary N) is 1. The maximum atomic E-state index is 12.4. The van der Waals surface area contributed by atoms with Crippen LogP contribution in [0.2, 0.25) is 0 Å². The molecule has 0 saturated heterocycles. The number of nitrogens with zero attached hydrogens (tertiary/aromatic N) is 1. The molecule has 0 aromatic rings. The summed E-state index contributed by atoms with van der Waals surface area (Å²) in [6.07, 6.45) is 11.6. The largest absolute Gasteiger partial charge is 0.343 e. The second kappa shape index (κ2) is 7.44. The van der Waals surface area contributed by atoms with Crippen LogP contribution in [0.3, 0.4) is 0 Å². The van der Waals surface area contributed by atoms with Crippen LogP contribution in [0.15, 0.2) is 0 Å². The van der Waals surface area contributed by atoms with E-state index in [1.54, 1.807) is 0 Å². The minimum absolute atomic E-state index is 0.360. The highest BCUT2D eigenvalue weighted by Crippen LogP contribution is 2.29. The fourth-order valence-electron chi connectivity index (χ4n) is 3.94. The van der Waals surface area contributed by atoms with Crippen LogP contribution < -0.4 is 5.73 Å². The smallest absolute Gasteiger partial charge is 0.222 e. The van der Waals surface area contributed by atoms with Crippen LogP contribution in [0, 0.1) is 11.8 Å². The Hall–Kier alpha value is -0.570. The van der Waals surface area contributed by atoms with Crippen LogP contribution in [0.4, 0.5) is 0 Å². The SMILES string of the molecule is CC1CCCC(N(C)C(=O)CCC2CCC(N)CC2)C1. The molecule has 0 aliphatic heterocycles. The van der Waals surface area contributed by atoms with Crippen molar-refractivity contribution in [2.75, 3.05) is 7.05 Å². The highest BCUT2D eigenvalue weighted by Gasteiger charge is 2.26. The molecule has 2 N–H and O–H groups in total. The standard InChI is InChI=1S/C17H32N2O/c1-13-4-3-5-16(12-13)19(2)17(20)11-8-14-6-9-15(18)10-7-14/h13-16H,3-12,18H2,1-2H3. The van der Waals surface area contributed by atoms with E-state index in [-0.39, 0.29) is 0 Å². The van der Waals surface area contributed by atoms with Gasteiger partial charge in [0.2, 0.25) is 5.91 Å². The Morgan fingerprint density at radius 1 is 1.15 bits per heavy atom. The fourth-order valence-corrected chi connectivity index (χ4v) is 3.94. The van der Waals surface area contributed by atoms with E-state index < -0.39 is 0 Å². The number of amides is 1. The Kier molecular flexibility index (Phi) is 5.88. The van der Waals surface area contributed by atoms with Crippen LogP contribution in [-0.2, 0) is 4.79 Å². The molecule has 2 fully saturated rings. The zero-order valence-electron chi connectivity index (χ0n) is 13.3. The third-order valence-electron chi connectivity index (χ3n) is 5.51. The molecule has 0 heterocycles. The summed E-state index contributed by atoms with van der Waals surface area (Å²) >= 11 is 0. The van der Waals surface area contributed by atoms with Crippen LogP contribution >= 0.6 is 0 Å². The second-order valence-electron chi connectivity index (χ2n) is 7.25. The van der Waals surface area contributed by atoms with E-state index in [1.165, 1.54) is 38.5 Å². The maximum Gasteiger partial charge on any atom is 0.222 e. The Morgan fingerprint density at radius 3 is 2.50 bits per heavy atom. The highest BCUT2D eigenvalue weighted by molar-refractivity contribution is 5.76. The minimum atomic E-state index is 0.360. The van der Waals surface area contributed by atoms with Crippen molar-refractivity contribution in [3.63, 3.8) is 0 Å². The molecule has 0 aromatic heterocycles. The minimum Gasteiger partial charge on any atom is -0.343 e. The Bertz CT molecular complexity index is 310. The lowest BCUT2D eigenvalue weighted by molar-refractivity contribution is -0.133. The van der Waals surface area contributed by atoms with Crippen molar-refractivity contribution in [1.82, 2.24) is 4.90 Å². The first-order valence-electron chi connectivity index (χ1n) is 8.57. The molecule has 116 valence electrons. The quantitative estimate of drug-likeness (QED) is 0.858. The first-order valence-corrected chi connectivity index (χ1v) is 8.57. The molecule has 2 atom stereocenters. The fraction of sp³-hybridized carbons (Fsp3) is 0.941. The van der Waals surface area contributed by atoms with Crippen LogP contribution in [0.5, 0.6) is 0 Å². The average Bonchev–Trinajstić information content (AvgIpc) is 2.45. The predicted molar refractivity (Wildman–Crippen MR) is 83.4 cm³/mol. The van der Waals surface area contributed by atoms with Crippen molar-refractivity contribution in [3.05, 3.63) is 0 Å². The second-order valence-corrected chi connectivity index (χ2v) is 7.25. The van der Waals surface area contributed by atoms with Crippen LogP contribution in [0.1, 0.15) is 71.1 Å². The first-order chi connectivity index (χ1) is 9.56. The molecule has 2 saturated carbocycles. The van der Waals surface area contributed by atoms with E-state index in [9.17, 15) is 4.79 Å². The zero-order chi connectivity index (χ0) is 14.5. The van der Waals surface area contributed by atoms with Crippen molar-refractivity contribution in [2.24, 2.45) is 17.6 Å². The molecule has 0 spiro atoms. The molecule has 20 heavy (non-hydrogen) atoms. The molecular weight excluding hydrogens is 248 g/mol.